The predicted octanol–water partition coefficient (Wildman–Crippen LogP) is 1.68. The summed E-state index contributed by atoms with van der Waals surface area (Å²) in [5.74, 6) is -0.580. The van der Waals surface area contributed by atoms with Gasteiger partial charge in [-0.15, -0.1) is 0 Å². The second-order valence-corrected chi connectivity index (χ2v) is 2.88. The minimum atomic E-state index is -0.607. The molecule has 1 rings (SSSR count). The standard InChI is InChI=1S/C8H10ClFN2O2/c1-2-14-8(13)7-6(9)5-11-12(7)4-3-10/h5H,2-4H2,1H3. The lowest BCUT2D eigenvalue weighted by atomic mass is 10.4. The highest BCUT2D eigenvalue weighted by Crippen LogP contribution is 2.16. The molecule has 0 amide bonds. The molecule has 1 heterocycles. The Balaban J connectivity index is 2.92. The van der Waals surface area contributed by atoms with Gasteiger partial charge >= 0.3 is 5.97 Å². The number of esters is 1. The average molecular weight is 221 g/mol. The quantitative estimate of drug-likeness (QED) is 0.726. The summed E-state index contributed by atoms with van der Waals surface area (Å²) in [4.78, 5) is 11.3. The van der Waals surface area contributed by atoms with Crippen LogP contribution in [0.3, 0.4) is 0 Å². The number of ether oxygens (including phenoxy) is 1. The van der Waals surface area contributed by atoms with Gasteiger partial charge in [-0.1, -0.05) is 11.6 Å². The Hall–Kier alpha value is -1.10. The molecule has 0 atom stereocenters. The summed E-state index contributed by atoms with van der Waals surface area (Å²) in [5, 5.41) is 3.93. The van der Waals surface area contributed by atoms with Crippen LogP contribution in [-0.2, 0) is 11.3 Å². The maximum atomic E-state index is 12.1. The number of aromatic nitrogens is 2. The van der Waals surface area contributed by atoms with Gasteiger partial charge in [-0.3, -0.25) is 4.68 Å². The molecule has 0 aliphatic carbocycles. The van der Waals surface area contributed by atoms with Crippen LogP contribution in [0.4, 0.5) is 4.39 Å². The van der Waals surface area contributed by atoms with Crippen molar-refractivity contribution in [2.24, 2.45) is 0 Å². The van der Waals surface area contributed by atoms with Crippen molar-refractivity contribution in [1.29, 1.82) is 0 Å². The van der Waals surface area contributed by atoms with Crippen LogP contribution in [0.15, 0.2) is 6.20 Å². The molecule has 0 aliphatic heterocycles. The second-order valence-electron chi connectivity index (χ2n) is 2.47. The van der Waals surface area contributed by atoms with E-state index in [0.29, 0.717) is 0 Å². The normalized spacial score (nSPS) is 10.2. The lowest BCUT2D eigenvalue weighted by Crippen LogP contribution is -2.14. The first-order valence-corrected chi connectivity index (χ1v) is 4.52. The van der Waals surface area contributed by atoms with E-state index in [2.05, 4.69) is 5.10 Å². The fourth-order valence-electron chi connectivity index (χ4n) is 1.01. The molecule has 6 heteroatoms. The zero-order valence-corrected chi connectivity index (χ0v) is 8.42. The molecular weight excluding hydrogens is 211 g/mol. The third kappa shape index (κ3) is 2.23. The highest BCUT2D eigenvalue weighted by molar-refractivity contribution is 6.33. The molecule has 4 nitrogen and oxygen atoms in total. The molecule has 0 saturated heterocycles. The maximum absolute atomic E-state index is 12.1. The van der Waals surface area contributed by atoms with Gasteiger partial charge in [0.2, 0.25) is 0 Å². The van der Waals surface area contributed by atoms with E-state index in [9.17, 15) is 9.18 Å². The molecule has 0 fully saturated rings. The van der Waals surface area contributed by atoms with Crippen molar-refractivity contribution in [2.75, 3.05) is 13.3 Å². The number of hydrogen-bond acceptors (Lipinski definition) is 3. The lowest BCUT2D eigenvalue weighted by molar-refractivity contribution is 0.0511. The summed E-state index contributed by atoms with van der Waals surface area (Å²) in [5.41, 5.74) is 0.103. The van der Waals surface area contributed by atoms with E-state index in [1.54, 1.807) is 6.92 Å². The molecule has 78 valence electrons. The summed E-state index contributed by atoms with van der Waals surface area (Å²) in [6.07, 6.45) is 1.30. The number of rotatable bonds is 4. The molecule has 14 heavy (non-hydrogen) atoms. The van der Waals surface area contributed by atoms with E-state index in [1.807, 2.05) is 0 Å². The second kappa shape index (κ2) is 4.95. The third-order valence-electron chi connectivity index (χ3n) is 1.56. The van der Waals surface area contributed by atoms with Crippen LogP contribution in [-0.4, -0.2) is 29.0 Å². The van der Waals surface area contributed by atoms with Gasteiger partial charge in [0.25, 0.3) is 0 Å². The Morgan fingerprint density at radius 1 is 1.79 bits per heavy atom. The van der Waals surface area contributed by atoms with E-state index < -0.39 is 12.6 Å². The Morgan fingerprint density at radius 3 is 3.07 bits per heavy atom. The average Bonchev–Trinajstić information content (AvgIpc) is 2.48. The highest BCUT2D eigenvalue weighted by Gasteiger charge is 2.18. The largest absolute Gasteiger partial charge is 0.461 e. The molecule has 0 aromatic carbocycles. The number of carbonyl (C=O) groups excluding carboxylic acids is 1. The number of hydrogen-bond donors (Lipinski definition) is 0. The van der Waals surface area contributed by atoms with Gasteiger partial charge in [0, 0.05) is 0 Å². The van der Waals surface area contributed by atoms with E-state index in [0.717, 1.165) is 0 Å². The van der Waals surface area contributed by atoms with Crippen LogP contribution in [0, 0.1) is 0 Å². The van der Waals surface area contributed by atoms with E-state index in [4.69, 9.17) is 16.3 Å². The van der Waals surface area contributed by atoms with Gasteiger partial charge in [0.1, 0.15) is 6.67 Å². The fraction of sp³-hybridized carbons (Fsp3) is 0.500. The molecule has 1 aromatic heterocycles. The zero-order valence-electron chi connectivity index (χ0n) is 7.67. The SMILES string of the molecule is CCOC(=O)c1c(Cl)cnn1CCF. The van der Waals surface area contributed by atoms with Crippen LogP contribution < -0.4 is 0 Å². The molecule has 0 bridgehead atoms. The topological polar surface area (TPSA) is 44.1 Å². The fourth-order valence-corrected chi connectivity index (χ4v) is 1.23. The van der Waals surface area contributed by atoms with Gasteiger partial charge in [0.15, 0.2) is 5.69 Å². The molecule has 0 spiro atoms. The monoisotopic (exact) mass is 220 g/mol. The number of aryl methyl sites for hydroxylation is 1. The first-order chi connectivity index (χ1) is 6.70. The van der Waals surface area contributed by atoms with Crippen LogP contribution in [0.25, 0.3) is 0 Å². The molecule has 0 aliphatic rings. The van der Waals surface area contributed by atoms with Crippen molar-refractivity contribution in [2.45, 2.75) is 13.5 Å². The number of alkyl halides is 1. The van der Waals surface area contributed by atoms with Gasteiger partial charge < -0.3 is 4.74 Å². The number of nitrogens with zero attached hydrogens (tertiary/aromatic N) is 2. The zero-order chi connectivity index (χ0) is 10.6. The number of carbonyl (C=O) groups is 1. The molecule has 0 N–H and O–H groups in total. The van der Waals surface area contributed by atoms with E-state index >= 15 is 0 Å². The Kier molecular flexibility index (Phi) is 3.88. The smallest absolute Gasteiger partial charge is 0.358 e. The van der Waals surface area contributed by atoms with Gasteiger partial charge in [-0.05, 0) is 6.92 Å². The van der Waals surface area contributed by atoms with Crippen molar-refractivity contribution >= 4 is 17.6 Å². The Labute approximate surface area is 85.6 Å². The van der Waals surface area contributed by atoms with Crippen LogP contribution in [0.5, 0.6) is 0 Å². The van der Waals surface area contributed by atoms with Gasteiger partial charge in [0.05, 0.1) is 24.4 Å². The first kappa shape index (κ1) is 11.0. The summed E-state index contributed by atoms with van der Waals surface area (Å²) in [6.45, 7) is 1.32. The molecule has 1 aromatic rings. The Morgan fingerprint density at radius 2 is 2.50 bits per heavy atom. The van der Waals surface area contributed by atoms with Crippen molar-refractivity contribution in [1.82, 2.24) is 9.78 Å². The van der Waals surface area contributed by atoms with Crippen LogP contribution in [0.1, 0.15) is 17.4 Å². The molecule has 0 unspecified atom stereocenters. The van der Waals surface area contributed by atoms with Crippen molar-refractivity contribution in [3.05, 3.63) is 16.9 Å². The van der Waals surface area contributed by atoms with Crippen LogP contribution >= 0.6 is 11.6 Å². The van der Waals surface area contributed by atoms with Crippen molar-refractivity contribution in [3.63, 3.8) is 0 Å². The minimum Gasteiger partial charge on any atom is -0.461 e. The highest BCUT2D eigenvalue weighted by atomic mass is 35.5. The predicted molar refractivity (Wildman–Crippen MR) is 49.2 cm³/mol. The van der Waals surface area contributed by atoms with Crippen LogP contribution in [0.2, 0.25) is 5.02 Å². The van der Waals surface area contributed by atoms with E-state index in [-0.39, 0.29) is 23.9 Å². The van der Waals surface area contributed by atoms with Crippen molar-refractivity contribution < 1.29 is 13.9 Å². The van der Waals surface area contributed by atoms with Crippen molar-refractivity contribution in [3.8, 4) is 0 Å². The van der Waals surface area contributed by atoms with E-state index in [1.165, 1.54) is 10.9 Å². The van der Waals surface area contributed by atoms with Gasteiger partial charge in [-0.25, -0.2) is 9.18 Å². The minimum absolute atomic E-state index is 0.000861. The molecule has 0 radical (unpaired) electrons. The summed E-state index contributed by atoms with van der Waals surface area (Å²) in [6, 6.07) is 0. The first-order valence-electron chi connectivity index (χ1n) is 4.15. The van der Waals surface area contributed by atoms with Gasteiger partial charge in [-0.2, -0.15) is 5.10 Å². The number of halogens is 2. The third-order valence-corrected chi connectivity index (χ3v) is 1.84. The lowest BCUT2D eigenvalue weighted by Gasteiger charge is -2.04. The summed E-state index contributed by atoms with van der Waals surface area (Å²) < 4.78 is 18.0. The summed E-state index contributed by atoms with van der Waals surface area (Å²) in [7, 11) is 0. The molecule has 0 saturated carbocycles. The maximum Gasteiger partial charge on any atom is 0.358 e. The summed E-state index contributed by atoms with van der Waals surface area (Å²) >= 11 is 5.70. The molecular formula is C8H10ClFN2O2. The Bertz CT molecular complexity index is 327.